The van der Waals surface area contributed by atoms with Crippen molar-refractivity contribution in [1.82, 2.24) is 0 Å². The number of carbonyl (C=O) groups is 2. The van der Waals surface area contributed by atoms with E-state index in [9.17, 15) is 9.59 Å². The van der Waals surface area contributed by atoms with Gasteiger partial charge in [-0.2, -0.15) is 0 Å². The molecule has 3 rings (SSSR count). The SMILES string of the molecule is COc1cc(NC(=O)C(=O)N2CCc3ccccc32)cc(OC)c1OC. The first-order valence-corrected chi connectivity index (χ1v) is 8.09. The summed E-state index contributed by atoms with van der Waals surface area (Å²) >= 11 is 0. The van der Waals surface area contributed by atoms with Crippen LogP contribution < -0.4 is 24.4 Å². The van der Waals surface area contributed by atoms with Crippen molar-refractivity contribution in [3.05, 3.63) is 42.0 Å². The Labute approximate surface area is 151 Å². The van der Waals surface area contributed by atoms with Gasteiger partial charge in [0.25, 0.3) is 0 Å². The van der Waals surface area contributed by atoms with Gasteiger partial charge in [0.1, 0.15) is 0 Å². The Balaban J connectivity index is 1.81. The molecule has 7 heteroatoms. The van der Waals surface area contributed by atoms with Crippen molar-refractivity contribution in [3.8, 4) is 17.2 Å². The van der Waals surface area contributed by atoms with Crippen molar-refractivity contribution in [2.75, 3.05) is 38.1 Å². The number of fused-ring (bicyclic) bond motifs is 1. The van der Waals surface area contributed by atoms with E-state index in [1.807, 2.05) is 24.3 Å². The number of rotatable bonds is 4. The highest BCUT2D eigenvalue weighted by Crippen LogP contribution is 2.40. The minimum absolute atomic E-state index is 0.380. The van der Waals surface area contributed by atoms with E-state index in [0.717, 1.165) is 17.7 Å². The Hall–Kier alpha value is -3.22. The van der Waals surface area contributed by atoms with Gasteiger partial charge < -0.3 is 24.4 Å². The Morgan fingerprint density at radius 3 is 2.27 bits per heavy atom. The minimum atomic E-state index is -0.726. The van der Waals surface area contributed by atoms with E-state index in [1.54, 1.807) is 12.1 Å². The van der Waals surface area contributed by atoms with Gasteiger partial charge in [0, 0.05) is 30.1 Å². The molecule has 0 aliphatic carbocycles. The molecule has 0 unspecified atom stereocenters. The number of ether oxygens (including phenoxy) is 3. The maximum atomic E-state index is 12.6. The minimum Gasteiger partial charge on any atom is -0.493 e. The van der Waals surface area contributed by atoms with Crippen LogP contribution in [0.2, 0.25) is 0 Å². The molecular formula is C19H20N2O5. The number of nitrogens with one attached hydrogen (secondary N) is 1. The summed E-state index contributed by atoms with van der Waals surface area (Å²) < 4.78 is 15.8. The summed E-state index contributed by atoms with van der Waals surface area (Å²) in [5, 5.41) is 2.60. The van der Waals surface area contributed by atoms with E-state index >= 15 is 0 Å². The number of nitrogens with zero attached hydrogens (tertiary/aromatic N) is 1. The number of anilines is 2. The molecule has 1 aliphatic heterocycles. The number of methoxy groups -OCH3 is 3. The summed E-state index contributed by atoms with van der Waals surface area (Å²) in [5.74, 6) is -0.144. The highest BCUT2D eigenvalue weighted by molar-refractivity contribution is 6.44. The molecule has 0 aromatic heterocycles. The van der Waals surface area contributed by atoms with E-state index in [4.69, 9.17) is 14.2 Å². The number of hydrogen-bond donors (Lipinski definition) is 1. The molecule has 2 aromatic carbocycles. The van der Waals surface area contributed by atoms with E-state index in [1.165, 1.54) is 26.2 Å². The second-order valence-corrected chi connectivity index (χ2v) is 5.70. The summed E-state index contributed by atoms with van der Waals surface area (Å²) in [6, 6.07) is 10.7. The maximum absolute atomic E-state index is 12.6. The molecule has 0 radical (unpaired) electrons. The molecule has 0 saturated heterocycles. The molecule has 1 N–H and O–H groups in total. The lowest BCUT2D eigenvalue weighted by Gasteiger charge is -2.18. The largest absolute Gasteiger partial charge is 0.493 e. The molecule has 0 fully saturated rings. The molecule has 0 spiro atoms. The van der Waals surface area contributed by atoms with E-state index in [0.29, 0.717) is 29.5 Å². The quantitative estimate of drug-likeness (QED) is 0.850. The zero-order valence-electron chi connectivity index (χ0n) is 14.9. The Bertz CT molecular complexity index is 825. The first-order chi connectivity index (χ1) is 12.6. The highest BCUT2D eigenvalue weighted by Gasteiger charge is 2.29. The molecular weight excluding hydrogens is 336 g/mol. The zero-order chi connectivity index (χ0) is 18.7. The third-order valence-electron chi connectivity index (χ3n) is 4.25. The molecule has 0 bridgehead atoms. The van der Waals surface area contributed by atoms with Crippen molar-refractivity contribution in [3.63, 3.8) is 0 Å². The second-order valence-electron chi connectivity index (χ2n) is 5.70. The number of amides is 2. The fourth-order valence-electron chi connectivity index (χ4n) is 3.01. The normalized spacial score (nSPS) is 12.3. The van der Waals surface area contributed by atoms with E-state index in [-0.39, 0.29) is 0 Å². The van der Waals surface area contributed by atoms with Crippen molar-refractivity contribution in [2.45, 2.75) is 6.42 Å². The highest BCUT2D eigenvalue weighted by atomic mass is 16.5. The topological polar surface area (TPSA) is 77.1 Å². The van der Waals surface area contributed by atoms with Crippen LogP contribution in [-0.4, -0.2) is 39.7 Å². The summed E-state index contributed by atoms with van der Waals surface area (Å²) in [7, 11) is 4.46. The van der Waals surface area contributed by atoms with E-state index < -0.39 is 11.8 Å². The second kappa shape index (κ2) is 7.35. The van der Waals surface area contributed by atoms with E-state index in [2.05, 4.69) is 5.32 Å². The van der Waals surface area contributed by atoms with Gasteiger partial charge in [0.2, 0.25) is 5.75 Å². The van der Waals surface area contributed by atoms with Gasteiger partial charge >= 0.3 is 11.8 Å². The van der Waals surface area contributed by atoms with Crippen LogP contribution in [0.4, 0.5) is 11.4 Å². The molecule has 0 saturated carbocycles. The monoisotopic (exact) mass is 356 g/mol. The van der Waals surface area contributed by atoms with Crippen LogP contribution in [0.25, 0.3) is 0 Å². The number of para-hydroxylation sites is 1. The third kappa shape index (κ3) is 3.15. The Morgan fingerprint density at radius 2 is 1.65 bits per heavy atom. The summed E-state index contributed by atoms with van der Waals surface area (Å²) in [6.45, 7) is 0.487. The fraction of sp³-hybridized carbons (Fsp3) is 0.263. The first kappa shape index (κ1) is 17.6. The molecule has 1 heterocycles. The summed E-state index contributed by atoms with van der Waals surface area (Å²) in [4.78, 5) is 26.5. The molecule has 2 aromatic rings. The summed E-state index contributed by atoms with van der Waals surface area (Å²) in [5.41, 5.74) is 2.21. The van der Waals surface area contributed by atoms with Gasteiger partial charge in [-0.05, 0) is 18.1 Å². The lowest BCUT2D eigenvalue weighted by Crippen LogP contribution is -2.38. The molecule has 2 amide bonds. The average molecular weight is 356 g/mol. The number of hydrogen-bond acceptors (Lipinski definition) is 5. The smallest absolute Gasteiger partial charge is 0.316 e. The Morgan fingerprint density at radius 1 is 1.00 bits per heavy atom. The van der Waals surface area contributed by atoms with Gasteiger partial charge in [0.05, 0.1) is 21.3 Å². The Kier molecular flexibility index (Phi) is 4.97. The lowest BCUT2D eigenvalue weighted by atomic mass is 10.2. The predicted molar refractivity (Wildman–Crippen MR) is 97.2 cm³/mol. The van der Waals surface area contributed by atoms with Gasteiger partial charge in [-0.15, -0.1) is 0 Å². The molecule has 7 nitrogen and oxygen atoms in total. The number of benzene rings is 2. The predicted octanol–water partition coefficient (Wildman–Crippen LogP) is 2.24. The zero-order valence-corrected chi connectivity index (χ0v) is 14.9. The molecule has 136 valence electrons. The van der Waals surface area contributed by atoms with Crippen molar-refractivity contribution >= 4 is 23.2 Å². The van der Waals surface area contributed by atoms with Crippen LogP contribution in [-0.2, 0) is 16.0 Å². The van der Waals surface area contributed by atoms with Gasteiger partial charge in [-0.1, -0.05) is 18.2 Å². The van der Waals surface area contributed by atoms with Crippen LogP contribution in [0.5, 0.6) is 17.2 Å². The fourth-order valence-corrected chi connectivity index (χ4v) is 3.01. The van der Waals surface area contributed by atoms with Crippen molar-refractivity contribution < 1.29 is 23.8 Å². The van der Waals surface area contributed by atoms with Gasteiger partial charge in [-0.25, -0.2) is 0 Å². The third-order valence-corrected chi connectivity index (χ3v) is 4.25. The molecule has 0 atom stereocenters. The van der Waals surface area contributed by atoms with Crippen LogP contribution in [0.1, 0.15) is 5.56 Å². The van der Waals surface area contributed by atoms with Crippen molar-refractivity contribution in [2.24, 2.45) is 0 Å². The summed E-state index contributed by atoms with van der Waals surface area (Å²) in [6.07, 6.45) is 0.735. The molecule has 1 aliphatic rings. The standard InChI is InChI=1S/C19H20N2O5/c1-24-15-10-13(11-16(25-2)17(15)26-3)20-18(22)19(23)21-9-8-12-6-4-5-7-14(12)21/h4-7,10-11H,8-9H2,1-3H3,(H,20,22). The molecule has 26 heavy (non-hydrogen) atoms. The van der Waals surface area contributed by atoms with Crippen LogP contribution in [0.3, 0.4) is 0 Å². The van der Waals surface area contributed by atoms with Crippen LogP contribution in [0.15, 0.2) is 36.4 Å². The maximum Gasteiger partial charge on any atom is 0.316 e. The average Bonchev–Trinajstić information content (AvgIpc) is 3.10. The van der Waals surface area contributed by atoms with Crippen LogP contribution in [0, 0.1) is 0 Å². The first-order valence-electron chi connectivity index (χ1n) is 8.09. The number of carbonyl (C=O) groups excluding carboxylic acids is 2. The van der Waals surface area contributed by atoms with Gasteiger partial charge in [-0.3, -0.25) is 9.59 Å². The van der Waals surface area contributed by atoms with Gasteiger partial charge in [0.15, 0.2) is 11.5 Å². The van der Waals surface area contributed by atoms with Crippen molar-refractivity contribution in [1.29, 1.82) is 0 Å². The van der Waals surface area contributed by atoms with Crippen LogP contribution >= 0.6 is 0 Å². The lowest BCUT2D eigenvalue weighted by molar-refractivity contribution is -0.134.